The quantitative estimate of drug-likeness (QED) is 0.847. The molecule has 1 amide bonds. The molecule has 0 atom stereocenters. The van der Waals surface area contributed by atoms with Crippen LogP contribution in [-0.2, 0) is 6.54 Å². The number of hydrogen-bond donors (Lipinski definition) is 2. The second kappa shape index (κ2) is 7.74. The Morgan fingerprint density at radius 2 is 1.78 bits per heavy atom. The summed E-state index contributed by atoms with van der Waals surface area (Å²) in [7, 11) is 3.57. The van der Waals surface area contributed by atoms with Crippen LogP contribution in [-0.4, -0.2) is 30.0 Å². The van der Waals surface area contributed by atoms with Gasteiger partial charge >= 0.3 is 0 Å². The van der Waals surface area contributed by atoms with Gasteiger partial charge in [-0.3, -0.25) is 4.79 Å². The first kappa shape index (κ1) is 17.0. The van der Waals surface area contributed by atoms with Crippen LogP contribution < -0.4 is 10.6 Å². The summed E-state index contributed by atoms with van der Waals surface area (Å²) in [6.07, 6.45) is 0. The SMILES string of the molecule is CNC(=O)c1ccc(CN(C)C(=S)Nc2ccccc2C)cc1. The topological polar surface area (TPSA) is 44.4 Å². The normalized spacial score (nSPS) is 10.0. The number of anilines is 1. The number of aryl methyl sites for hydroxylation is 1. The highest BCUT2D eigenvalue weighted by molar-refractivity contribution is 7.80. The van der Waals surface area contributed by atoms with Crippen molar-refractivity contribution >= 4 is 28.9 Å². The Morgan fingerprint density at radius 1 is 1.13 bits per heavy atom. The highest BCUT2D eigenvalue weighted by Gasteiger charge is 2.08. The lowest BCUT2D eigenvalue weighted by Crippen LogP contribution is -2.30. The molecule has 0 saturated carbocycles. The number of hydrogen-bond acceptors (Lipinski definition) is 2. The Hall–Kier alpha value is -2.40. The minimum absolute atomic E-state index is 0.0818. The molecule has 2 N–H and O–H groups in total. The van der Waals surface area contributed by atoms with Crippen molar-refractivity contribution < 1.29 is 4.79 Å². The van der Waals surface area contributed by atoms with Gasteiger partial charge in [-0.2, -0.15) is 0 Å². The third-order valence-corrected chi connectivity index (χ3v) is 4.01. The maximum atomic E-state index is 11.5. The lowest BCUT2D eigenvalue weighted by Gasteiger charge is -2.22. The van der Waals surface area contributed by atoms with Gasteiger partial charge in [-0.15, -0.1) is 0 Å². The zero-order chi connectivity index (χ0) is 16.8. The van der Waals surface area contributed by atoms with Crippen molar-refractivity contribution in [3.63, 3.8) is 0 Å². The highest BCUT2D eigenvalue weighted by Crippen LogP contribution is 2.14. The van der Waals surface area contributed by atoms with Gasteiger partial charge in [0, 0.05) is 31.9 Å². The predicted molar refractivity (Wildman–Crippen MR) is 98.7 cm³/mol. The van der Waals surface area contributed by atoms with Crippen LogP contribution in [0, 0.1) is 6.92 Å². The average Bonchev–Trinajstić information content (AvgIpc) is 2.56. The molecule has 2 aromatic rings. The van der Waals surface area contributed by atoms with Crippen LogP contribution >= 0.6 is 12.2 Å². The van der Waals surface area contributed by atoms with Crippen molar-refractivity contribution in [2.24, 2.45) is 0 Å². The first-order chi connectivity index (χ1) is 11.0. The van der Waals surface area contributed by atoms with Crippen LogP contribution in [0.2, 0.25) is 0 Å². The van der Waals surface area contributed by atoms with E-state index in [2.05, 4.69) is 10.6 Å². The molecule has 0 spiro atoms. The van der Waals surface area contributed by atoms with Crippen LogP contribution in [0.5, 0.6) is 0 Å². The van der Waals surface area contributed by atoms with E-state index in [9.17, 15) is 4.79 Å². The highest BCUT2D eigenvalue weighted by atomic mass is 32.1. The maximum Gasteiger partial charge on any atom is 0.251 e. The second-order valence-electron chi connectivity index (χ2n) is 5.38. The number of amides is 1. The molecule has 0 aliphatic rings. The van der Waals surface area contributed by atoms with Gasteiger partial charge in [0.05, 0.1) is 0 Å². The summed E-state index contributed by atoms with van der Waals surface area (Å²) in [4.78, 5) is 13.5. The van der Waals surface area contributed by atoms with E-state index < -0.39 is 0 Å². The molecule has 5 heteroatoms. The van der Waals surface area contributed by atoms with Crippen LogP contribution in [0.3, 0.4) is 0 Å². The summed E-state index contributed by atoms with van der Waals surface area (Å²) in [5.41, 5.74) is 3.91. The number of rotatable bonds is 4. The van der Waals surface area contributed by atoms with E-state index in [-0.39, 0.29) is 5.91 Å². The van der Waals surface area contributed by atoms with Crippen LogP contribution in [0.1, 0.15) is 21.5 Å². The molecule has 4 nitrogen and oxygen atoms in total. The monoisotopic (exact) mass is 327 g/mol. The molecule has 2 rings (SSSR count). The molecule has 0 radical (unpaired) electrons. The standard InChI is InChI=1S/C18H21N3OS/c1-13-6-4-5-7-16(13)20-18(23)21(3)12-14-8-10-15(11-9-14)17(22)19-2/h4-11H,12H2,1-3H3,(H,19,22)(H,20,23). The van der Waals surface area contributed by atoms with Crippen molar-refractivity contribution in [2.75, 3.05) is 19.4 Å². The Labute approximate surface area is 142 Å². The van der Waals surface area contributed by atoms with E-state index in [0.29, 0.717) is 17.2 Å². The van der Waals surface area contributed by atoms with E-state index in [4.69, 9.17) is 12.2 Å². The number of nitrogens with one attached hydrogen (secondary N) is 2. The molecule has 0 unspecified atom stereocenters. The average molecular weight is 327 g/mol. The van der Waals surface area contributed by atoms with Crippen molar-refractivity contribution in [3.05, 3.63) is 65.2 Å². The van der Waals surface area contributed by atoms with Crippen LogP contribution in [0.4, 0.5) is 5.69 Å². The smallest absolute Gasteiger partial charge is 0.251 e. The number of carbonyl (C=O) groups is 1. The molecule has 0 fully saturated rings. The summed E-state index contributed by atoms with van der Waals surface area (Å²) < 4.78 is 0. The fourth-order valence-electron chi connectivity index (χ4n) is 2.18. The Balaban J connectivity index is 1.98. The Morgan fingerprint density at radius 3 is 2.39 bits per heavy atom. The molecule has 0 aliphatic carbocycles. The lowest BCUT2D eigenvalue weighted by atomic mass is 10.1. The Kier molecular flexibility index (Phi) is 5.71. The van der Waals surface area contributed by atoms with E-state index >= 15 is 0 Å². The number of carbonyl (C=O) groups excluding carboxylic acids is 1. The van der Waals surface area contributed by atoms with Crippen LogP contribution in [0.25, 0.3) is 0 Å². The third kappa shape index (κ3) is 4.53. The van der Waals surface area contributed by atoms with Crippen molar-refractivity contribution in [2.45, 2.75) is 13.5 Å². The fourth-order valence-corrected chi connectivity index (χ4v) is 2.35. The molecular formula is C18H21N3OS. The fraction of sp³-hybridized carbons (Fsp3) is 0.222. The number of para-hydroxylation sites is 1. The van der Waals surface area contributed by atoms with Gasteiger partial charge in [0.2, 0.25) is 0 Å². The van der Waals surface area contributed by atoms with Crippen molar-refractivity contribution in [1.82, 2.24) is 10.2 Å². The van der Waals surface area contributed by atoms with Crippen LogP contribution in [0.15, 0.2) is 48.5 Å². The van der Waals surface area contributed by atoms with E-state index in [1.54, 1.807) is 7.05 Å². The molecule has 23 heavy (non-hydrogen) atoms. The summed E-state index contributed by atoms with van der Waals surface area (Å²) >= 11 is 5.45. The molecule has 0 saturated heterocycles. The minimum Gasteiger partial charge on any atom is -0.355 e. The molecule has 0 aromatic heterocycles. The number of nitrogens with zero attached hydrogens (tertiary/aromatic N) is 1. The largest absolute Gasteiger partial charge is 0.355 e. The first-order valence-corrected chi connectivity index (χ1v) is 7.81. The number of benzene rings is 2. The van der Waals surface area contributed by atoms with E-state index in [0.717, 1.165) is 16.8 Å². The molecule has 0 aliphatic heterocycles. The molecule has 120 valence electrons. The van der Waals surface area contributed by atoms with Gasteiger partial charge in [0.15, 0.2) is 5.11 Å². The van der Waals surface area contributed by atoms with E-state index in [1.165, 1.54) is 0 Å². The zero-order valence-electron chi connectivity index (χ0n) is 13.6. The van der Waals surface area contributed by atoms with Crippen molar-refractivity contribution in [3.8, 4) is 0 Å². The third-order valence-electron chi connectivity index (χ3n) is 3.60. The first-order valence-electron chi connectivity index (χ1n) is 7.40. The minimum atomic E-state index is -0.0818. The molecule has 2 aromatic carbocycles. The summed E-state index contributed by atoms with van der Waals surface area (Å²) in [5.74, 6) is -0.0818. The van der Waals surface area contributed by atoms with Gasteiger partial charge in [0.1, 0.15) is 0 Å². The van der Waals surface area contributed by atoms with Gasteiger partial charge in [-0.05, 0) is 48.5 Å². The zero-order valence-corrected chi connectivity index (χ0v) is 14.4. The summed E-state index contributed by atoms with van der Waals surface area (Å²) in [5, 5.41) is 6.54. The van der Waals surface area contributed by atoms with Gasteiger partial charge in [0.25, 0.3) is 5.91 Å². The molecule has 0 heterocycles. The van der Waals surface area contributed by atoms with Crippen molar-refractivity contribution in [1.29, 1.82) is 0 Å². The summed E-state index contributed by atoms with van der Waals surface area (Å²) in [6, 6.07) is 15.6. The van der Waals surface area contributed by atoms with E-state index in [1.807, 2.05) is 67.4 Å². The lowest BCUT2D eigenvalue weighted by molar-refractivity contribution is 0.0963. The maximum absolute atomic E-state index is 11.5. The van der Waals surface area contributed by atoms with Gasteiger partial charge < -0.3 is 15.5 Å². The van der Waals surface area contributed by atoms with Gasteiger partial charge in [-0.1, -0.05) is 30.3 Å². The predicted octanol–water partition coefficient (Wildman–Crippen LogP) is 3.18. The Bertz CT molecular complexity index is 698. The second-order valence-corrected chi connectivity index (χ2v) is 5.76. The summed E-state index contributed by atoms with van der Waals surface area (Å²) in [6.45, 7) is 2.72. The number of thiocarbonyl (C=S) groups is 1. The molecular weight excluding hydrogens is 306 g/mol. The molecule has 0 bridgehead atoms. The van der Waals surface area contributed by atoms with Gasteiger partial charge in [-0.25, -0.2) is 0 Å².